The highest BCUT2D eigenvalue weighted by molar-refractivity contribution is 6.05. The Morgan fingerprint density at radius 2 is 1.87 bits per heavy atom. The summed E-state index contributed by atoms with van der Waals surface area (Å²) in [6.45, 7) is 10.8. The zero-order valence-electron chi connectivity index (χ0n) is 29.9. The van der Waals surface area contributed by atoms with E-state index < -0.39 is 88.9 Å². The van der Waals surface area contributed by atoms with E-state index in [1.165, 1.54) is 25.3 Å². The minimum atomic E-state index is -2.47. The minimum Gasteiger partial charge on any atom is -0.504 e. The fourth-order valence-corrected chi connectivity index (χ4v) is 9.40. The number of unbranched alkanes of at least 4 members (excludes halogenated alkanes) is 1. The van der Waals surface area contributed by atoms with Crippen molar-refractivity contribution in [1.29, 1.82) is 0 Å². The van der Waals surface area contributed by atoms with Gasteiger partial charge in [-0.15, -0.1) is 0 Å². The number of fused-ring (bicyclic) bond motifs is 3. The normalized spacial score (nSPS) is 42.8. The lowest BCUT2D eigenvalue weighted by Crippen LogP contribution is -2.76. The first-order chi connectivity index (χ1) is 24.7. The molecule has 3 aliphatic carbocycles. The lowest BCUT2D eigenvalue weighted by Gasteiger charge is -2.61. The second kappa shape index (κ2) is 12.6. The number of ketones is 1. The number of esters is 1. The number of aliphatic hydroxyl groups excluding tert-OH is 2. The standard InChI is InChI=1S/C40H46O12/c1-7-8-9-10-11-12-13-18-37-50-34-30-33-36(21-41,49-33)35(45)38(46)28(19-23(4)31(38)44)40(30,52-37)24(5)32(39(34,51-37)22(2)3)48-29(43)17-15-25-14-16-26(42)27(20-25)47-6/h9-20,24,28,30,32-35,41-42,45-46H,2,7-8,21H2,1,3-6H3. The second-order valence-corrected chi connectivity index (χ2v) is 14.7. The van der Waals surface area contributed by atoms with Crippen molar-refractivity contribution < 1.29 is 58.4 Å². The van der Waals surface area contributed by atoms with E-state index in [9.17, 15) is 30.0 Å². The third-order valence-electron chi connectivity index (χ3n) is 11.9. The highest BCUT2D eigenvalue weighted by Gasteiger charge is 2.90. The van der Waals surface area contributed by atoms with Gasteiger partial charge in [0, 0.05) is 29.9 Å². The van der Waals surface area contributed by atoms with Crippen molar-refractivity contribution in [2.45, 2.75) is 93.3 Å². The molecular formula is C40H46O12. The average Bonchev–Trinajstić information content (AvgIpc) is 3.75. The van der Waals surface area contributed by atoms with Crippen molar-refractivity contribution in [3.05, 3.63) is 90.1 Å². The van der Waals surface area contributed by atoms with E-state index in [0.29, 0.717) is 11.1 Å². The van der Waals surface area contributed by atoms with Crippen LogP contribution in [-0.2, 0) is 33.3 Å². The highest BCUT2D eigenvalue weighted by Crippen LogP contribution is 2.73. The molecule has 0 amide bonds. The molecule has 6 aliphatic rings. The van der Waals surface area contributed by atoms with Gasteiger partial charge in [-0.25, -0.2) is 4.79 Å². The molecule has 4 N–H and O–H groups in total. The summed E-state index contributed by atoms with van der Waals surface area (Å²) in [5, 5.41) is 45.0. The third kappa shape index (κ3) is 4.85. The fourth-order valence-electron chi connectivity index (χ4n) is 9.40. The summed E-state index contributed by atoms with van der Waals surface area (Å²) in [4.78, 5) is 27.7. The Hall–Kier alpha value is -3.88. The van der Waals surface area contributed by atoms with Crippen LogP contribution in [0.15, 0.2) is 84.5 Å². The Balaban J connectivity index is 1.36. The molecule has 3 heterocycles. The molecule has 1 aromatic carbocycles. The number of methoxy groups -OCH3 is 1. The summed E-state index contributed by atoms with van der Waals surface area (Å²) < 4.78 is 38.3. The lowest BCUT2D eigenvalue weighted by atomic mass is 9.53. The molecule has 12 unspecified atom stereocenters. The number of ether oxygens (including phenoxy) is 6. The molecule has 7 rings (SSSR count). The van der Waals surface area contributed by atoms with Gasteiger partial charge in [0.25, 0.3) is 0 Å². The van der Waals surface area contributed by atoms with Crippen LogP contribution in [0.25, 0.3) is 6.08 Å². The number of benzene rings is 1. The molecule has 0 spiro atoms. The number of carbonyl (C=O) groups is 2. The SMILES string of the molecule is C=C(C)C12OC3(C=CC=CC=CCCC)OC1C1C4OC4(CO)C(O)C4(O)C(=O)C(C)=CC4C1(O3)C(C)C2OC(=O)C=Cc1ccc(O)c(OC)c1. The Bertz CT molecular complexity index is 1830. The number of phenols is 1. The van der Waals surface area contributed by atoms with Crippen molar-refractivity contribution in [2.24, 2.45) is 17.8 Å². The summed E-state index contributed by atoms with van der Waals surface area (Å²) in [6.07, 6.45) is 12.2. The van der Waals surface area contributed by atoms with Crippen LogP contribution >= 0.6 is 0 Å². The highest BCUT2D eigenvalue weighted by atomic mass is 16.9. The van der Waals surface area contributed by atoms with Crippen LogP contribution in [0.4, 0.5) is 0 Å². The maximum Gasteiger partial charge on any atom is 0.331 e. The van der Waals surface area contributed by atoms with Gasteiger partial charge in [-0.2, -0.15) is 0 Å². The molecule has 3 aliphatic heterocycles. The van der Waals surface area contributed by atoms with Crippen molar-refractivity contribution in [3.63, 3.8) is 0 Å². The molecule has 12 heteroatoms. The van der Waals surface area contributed by atoms with E-state index in [1.807, 2.05) is 18.2 Å². The fraction of sp³-hybridized carbons (Fsp3) is 0.500. The molecule has 1 aromatic rings. The topological polar surface area (TPSA) is 174 Å². The molecule has 2 saturated carbocycles. The molecular weight excluding hydrogens is 672 g/mol. The zero-order valence-corrected chi connectivity index (χ0v) is 29.9. The van der Waals surface area contributed by atoms with Crippen LogP contribution in [0, 0.1) is 17.8 Å². The van der Waals surface area contributed by atoms with Gasteiger partial charge < -0.3 is 48.8 Å². The molecule has 3 saturated heterocycles. The van der Waals surface area contributed by atoms with Gasteiger partial charge >= 0.3 is 11.9 Å². The maximum absolute atomic E-state index is 13.9. The van der Waals surface area contributed by atoms with Gasteiger partial charge in [0.05, 0.1) is 19.3 Å². The number of phenolic OH excluding ortho intramolecular Hbond substituents is 1. The van der Waals surface area contributed by atoms with Crippen LogP contribution in [0.3, 0.4) is 0 Å². The van der Waals surface area contributed by atoms with Gasteiger partial charge in [0.15, 0.2) is 28.5 Å². The van der Waals surface area contributed by atoms with Crippen molar-refractivity contribution in [3.8, 4) is 11.5 Å². The molecule has 3 bridgehead atoms. The Kier molecular flexibility index (Phi) is 8.85. The van der Waals surface area contributed by atoms with Crippen molar-refractivity contribution >= 4 is 17.8 Å². The number of carbonyl (C=O) groups excluding carboxylic acids is 2. The second-order valence-electron chi connectivity index (χ2n) is 14.7. The van der Waals surface area contributed by atoms with Crippen LogP contribution in [0.2, 0.25) is 0 Å². The van der Waals surface area contributed by atoms with Gasteiger partial charge in [-0.1, -0.05) is 69.4 Å². The quantitative estimate of drug-likeness (QED) is 0.0863. The van der Waals surface area contributed by atoms with Crippen LogP contribution in [0.1, 0.15) is 46.1 Å². The minimum absolute atomic E-state index is 0.0571. The molecule has 5 fully saturated rings. The van der Waals surface area contributed by atoms with Crippen LogP contribution in [-0.4, -0.2) is 98.7 Å². The number of hydrogen-bond acceptors (Lipinski definition) is 12. The largest absolute Gasteiger partial charge is 0.504 e. The number of hydrogen-bond donors (Lipinski definition) is 4. The van der Waals surface area contributed by atoms with Gasteiger partial charge in [0.1, 0.15) is 30.0 Å². The number of rotatable bonds is 11. The average molecular weight is 719 g/mol. The van der Waals surface area contributed by atoms with E-state index in [-0.39, 0.29) is 17.1 Å². The van der Waals surface area contributed by atoms with E-state index in [0.717, 1.165) is 12.8 Å². The lowest BCUT2D eigenvalue weighted by molar-refractivity contribution is -0.407. The summed E-state index contributed by atoms with van der Waals surface area (Å²) >= 11 is 0. The summed E-state index contributed by atoms with van der Waals surface area (Å²) in [5.74, 6) is -6.10. The first-order valence-electron chi connectivity index (χ1n) is 17.7. The summed E-state index contributed by atoms with van der Waals surface area (Å²) in [6, 6.07) is 4.61. The molecule has 12 nitrogen and oxygen atoms in total. The number of Topliss-reactive ketones (excluding diaryl/α,β-unsaturated/α-hetero) is 1. The van der Waals surface area contributed by atoms with Crippen molar-refractivity contribution in [2.75, 3.05) is 13.7 Å². The van der Waals surface area contributed by atoms with E-state index in [4.69, 9.17) is 28.4 Å². The monoisotopic (exact) mass is 718 g/mol. The Morgan fingerprint density at radius 1 is 1.12 bits per heavy atom. The first kappa shape index (κ1) is 36.5. The zero-order chi connectivity index (χ0) is 37.4. The number of aliphatic hydroxyl groups is 3. The number of epoxide rings is 1. The molecule has 12 atom stereocenters. The maximum atomic E-state index is 13.9. The number of aromatic hydroxyl groups is 1. The number of allylic oxidation sites excluding steroid dienone is 5. The predicted molar refractivity (Wildman–Crippen MR) is 187 cm³/mol. The molecule has 52 heavy (non-hydrogen) atoms. The Morgan fingerprint density at radius 3 is 2.56 bits per heavy atom. The van der Waals surface area contributed by atoms with E-state index >= 15 is 0 Å². The van der Waals surface area contributed by atoms with Gasteiger partial charge in [-0.3, -0.25) is 4.79 Å². The van der Waals surface area contributed by atoms with Gasteiger partial charge in [-0.05, 0) is 55.2 Å². The summed E-state index contributed by atoms with van der Waals surface area (Å²) in [7, 11) is 1.42. The van der Waals surface area contributed by atoms with Gasteiger partial charge in [0.2, 0.25) is 0 Å². The van der Waals surface area contributed by atoms with Crippen LogP contribution < -0.4 is 4.74 Å². The molecule has 0 aromatic heterocycles. The predicted octanol–water partition coefficient (Wildman–Crippen LogP) is 3.59. The smallest absolute Gasteiger partial charge is 0.331 e. The van der Waals surface area contributed by atoms with E-state index in [1.54, 1.807) is 57.2 Å². The van der Waals surface area contributed by atoms with E-state index in [2.05, 4.69) is 13.5 Å². The van der Waals surface area contributed by atoms with Crippen LogP contribution in [0.5, 0.6) is 11.5 Å². The summed E-state index contributed by atoms with van der Waals surface area (Å²) in [5.41, 5.74) is -6.13. The Labute approximate surface area is 302 Å². The third-order valence-corrected chi connectivity index (χ3v) is 11.9. The molecule has 278 valence electrons. The van der Waals surface area contributed by atoms with Crippen molar-refractivity contribution in [1.82, 2.24) is 0 Å². The first-order valence-corrected chi connectivity index (χ1v) is 17.7. The molecule has 0 radical (unpaired) electrons.